The smallest absolute Gasteiger partial charge is 0.291 e. The second kappa shape index (κ2) is 10.1. The molecule has 0 spiro atoms. The Bertz CT molecular complexity index is 1220. The van der Waals surface area contributed by atoms with Crippen molar-refractivity contribution in [1.29, 1.82) is 0 Å². The fourth-order valence-electron chi connectivity index (χ4n) is 3.60. The molecule has 0 fully saturated rings. The Labute approximate surface area is 200 Å². The van der Waals surface area contributed by atoms with Gasteiger partial charge in [0.05, 0.1) is 16.4 Å². The highest BCUT2D eigenvalue weighted by atomic mass is 35.5. The topological polar surface area (TPSA) is 92.9 Å². The fraction of sp³-hybridized carbons (Fsp3) is 0.208. The van der Waals surface area contributed by atoms with Gasteiger partial charge in [-0.3, -0.25) is 9.59 Å². The van der Waals surface area contributed by atoms with Gasteiger partial charge in [-0.15, -0.1) is 0 Å². The van der Waals surface area contributed by atoms with Crippen molar-refractivity contribution in [2.45, 2.75) is 26.2 Å². The molecular weight excluding hydrogens is 465 g/mol. The van der Waals surface area contributed by atoms with Gasteiger partial charge in [0.2, 0.25) is 0 Å². The number of hydrazone groups is 1. The lowest BCUT2D eigenvalue weighted by Crippen LogP contribution is -2.27. The summed E-state index contributed by atoms with van der Waals surface area (Å²) < 4.78 is 11.3. The van der Waals surface area contributed by atoms with Crippen molar-refractivity contribution >= 4 is 46.4 Å². The molecule has 3 aromatic rings. The summed E-state index contributed by atoms with van der Waals surface area (Å²) in [4.78, 5) is 25.1. The van der Waals surface area contributed by atoms with Crippen LogP contribution in [0.3, 0.4) is 0 Å². The molecule has 9 heteroatoms. The van der Waals surface area contributed by atoms with Crippen LogP contribution in [0.2, 0.25) is 10.0 Å². The lowest BCUT2D eigenvalue weighted by atomic mass is 9.93. The van der Waals surface area contributed by atoms with Gasteiger partial charge in [-0.05, 0) is 50.1 Å². The van der Waals surface area contributed by atoms with Crippen molar-refractivity contribution in [3.63, 3.8) is 0 Å². The van der Waals surface area contributed by atoms with E-state index < -0.39 is 5.91 Å². The number of carbonyl (C=O) groups excluding carboxylic acids is 2. The molecule has 2 amide bonds. The first kappa shape index (κ1) is 22.9. The molecule has 2 aromatic carbocycles. The van der Waals surface area contributed by atoms with Crippen molar-refractivity contribution in [3.05, 3.63) is 81.2 Å². The largest absolute Gasteiger partial charge is 0.484 e. The number of ether oxygens (including phenoxy) is 1. The van der Waals surface area contributed by atoms with Crippen molar-refractivity contribution in [1.82, 2.24) is 5.43 Å². The van der Waals surface area contributed by atoms with Gasteiger partial charge in [0, 0.05) is 22.6 Å². The first-order chi connectivity index (χ1) is 15.9. The van der Waals surface area contributed by atoms with E-state index in [1.54, 1.807) is 37.3 Å². The molecule has 4 rings (SSSR count). The minimum Gasteiger partial charge on any atom is -0.484 e. The Morgan fingerprint density at radius 1 is 1.12 bits per heavy atom. The monoisotopic (exact) mass is 485 g/mol. The van der Waals surface area contributed by atoms with Crippen LogP contribution in [0.25, 0.3) is 0 Å². The lowest BCUT2D eigenvalue weighted by molar-refractivity contribution is -0.123. The zero-order chi connectivity index (χ0) is 23.4. The minimum atomic E-state index is -0.439. The third-order valence-corrected chi connectivity index (χ3v) is 5.70. The molecule has 0 atom stereocenters. The molecule has 0 saturated heterocycles. The van der Waals surface area contributed by atoms with E-state index in [0.717, 1.165) is 12.0 Å². The molecule has 0 unspecified atom stereocenters. The van der Waals surface area contributed by atoms with Gasteiger partial charge in [-0.25, -0.2) is 5.43 Å². The van der Waals surface area contributed by atoms with Gasteiger partial charge >= 0.3 is 0 Å². The summed E-state index contributed by atoms with van der Waals surface area (Å²) >= 11 is 12.2. The number of fused-ring (bicyclic) bond motifs is 1. The Kier molecular flexibility index (Phi) is 7.01. The average molecular weight is 486 g/mol. The number of carbonyl (C=O) groups is 2. The van der Waals surface area contributed by atoms with Crippen molar-refractivity contribution in [3.8, 4) is 5.75 Å². The van der Waals surface area contributed by atoms with Gasteiger partial charge < -0.3 is 14.5 Å². The fourth-order valence-corrected chi connectivity index (χ4v) is 3.93. The van der Waals surface area contributed by atoms with E-state index in [4.69, 9.17) is 32.4 Å². The molecular formula is C24H21Cl2N3O4. The maximum absolute atomic E-state index is 12.9. The SMILES string of the molecule is Cc1c(C(=O)Nc2cc(Cl)ccc2Cl)oc2c1/C(=N/NC(=O)COc1ccccc1)CCC2. The normalized spacial score (nSPS) is 14.0. The number of anilines is 1. The van der Waals surface area contributed by atoms with Gasteiger partial charge in [0.1, 0.15) is 11.5 Å². The Morgan fingerprint density at radius 3 is 2.70 bits per heavy atom. The number of nitrogens with one attached hydrogen (secondary N) is 2. The number of amides is 2. The Hall–Kier alpha value is -3.29. The van der Waals surface area contributed by atoms with Crippen LogP contribution in [0, 0.1) is 6.92 Å². The third-order valence-electron chi connectivity index (χ3n) is 5.14. The molecule has 7 nitrogen and oxygen atoms in total. The first-order valence-corrected chi connectivity index (χ1v) is 11.1. The van der Waals surface area contributed by atoms with E-state index in [0.29, 0.717) is 51.4 Å². The summed E-state index contributed by atoms with van der Waals surface area (Å²) in [5, 5.41) is 7.84. The van der Waals surface area contributed by atoms with E-state index in [2.05, 4.69) is 15.8 Å². The van der Waals surface area contributed by atoms with E-state index in [-0.39, 0.29) is 18.3 Å². The molecule has 33 heavy (non-hydrogen) atoms. The lowest BCUT2D eigenvalue weighted by Gasteiger charge is -2.13. The molecule has 1 aliphatic rings. The van der Waals surface area contributed by atoms with E-state index >= 15 is 0 Å². The van der Waals surface area contributed by atoms with Crippen LogP contribution in [0.15, 0.2) is 58.0 Å². The van der Waals surface area contributed by atoms with Crippen LogP contribution in [-0.2, 0) is 11.2 Å². The summed E-state index contributed by atoms with van der Waals surface area (Å²) in [6, 6.07) is 13.9. The number of furan rings is 1. The Balaban J connectivity index is 1.48. The number of para-hydroxylation sites is 1. The number of aryl methyl sites for hydroxylation is 1. The molecule has 1 heterocycles. The summed E-state index contributed by atoms with van der Waals surface area (Å²) in [5.41, 5.74) is 4.97. The zero-order valence-corrected chi connectivity index (χ0v) is 19.3. The van der Waals surface area contributed by atoms with Crippen LogP contribution < -0.4 is 15.5 Å². The predicted octanol–water partition coefficient (Wildman–Crippen LogP) is 5.38. The molecule has 2 N–H and O–H groups in total. The number of benzene rings is 2. The summed E-state index contributed by atoms with van der Waals surface area (Å²) in [5.74, 6) is 0.610. The highest BCUT2D eigenvalue weighted by Crippen LogP contribution is 2.31. The molecule has 0 aliphatic heterocycles. The maximum Gasteiger partial charge on any atom is 0.291 e. The van der Waals surface area contributed by atoms with Crippen LogP contribution >= 0.6 is 23.2 Å². The van der Waals surface area contributed by atoms with Gasteiger partial charge in [-0.2, -0.15) is 5.10 Å². The maximum atomic E-state index is 12.9. The highest BCUT2D eigenvalue weighted by Gasteiger charge is 2.28. The van der Waals surface area contributed by atoms with Gasteiger partial charge in [0.15, 0.2) is 12.4 Å². The zero-order valence-electron chi connectivity index (χ0n) is 17.8. The quantitative estimate of drug-likeness (QED) is 0.458. The molecule has 0 saturated carbocycles. The van der Waals surface area contributed by atoms with Gasteiger partial charge in [0.25, 0.3) is 11.8 Å². The molecule has 0 bridgehead atoms. The third kappa shape index (κ3) is 5.38. The first-order valence-electron chi connectivity index (χ1n) is 10.3. The second-order valence-electron chi connectivity index (χ2n) is 7.48. The predicted molar refractivity (Wildman–Crippen MR) is 127 cm³/mol. The number of halogens is 2. The number of hydrogen-bond donors (Lipinski definition) is 2. The molecule has 1 aromatic heterocycles. The summed E-state index contributed by atoms with van der Waals surface area (Å²) in [6.45, 7) is 1.63. The van der Waals surface area contributed by atoms with Crippen molar-refractivity contribution < 1.29 is 18.7 Å². The standard InChI is InChI=1S/C24H21Cl2N3O4/c1-14-22-18(28-29-21(30)13-32-16-6-3-2-4-7-16)8-5-9-20(22)33-23(14)24(31)27-19-12-15(25)10-11-17(19)26/h2-4,6-7,10-12H,5,8-9,13H2,1H3,(H,27,31)(H,29,30)/b28-18+. The van der Waals surface area contributed by atoms with E-state index in [1.807, 2.05) is 18.2 Å². The highest BCUT2D eigenvalue weighted by molar-refractivity contribution is 6.35. The van der Waals surface area contributed by atoms with Gasteiger partial charge in [-0.1, -0.05) is 41.4 Å². The second-order valence-corrected chi connectivity index (χ2v) is 8.33. The minimum absolute atomic E-state index is 0.161. The van der Waals surface area contributed by atoms with Crippen molar-refractivity contribution in [2.24, 2.45) is 5.10 Å². The summed E-state index contributed by atoms with van der Waals surface area (Å²) in [6.07, 6.45) is 2.11. The van der Waals surface area contributed by atoms with E-state index in [9.17, 15) is 9.59 Å². The van der Waals surface area contributed by atoms with Crippen LogP contribution in [0.4, 0.5) is 5.69 Å². The number of hydrogen-bond acceptors (Lipinski definition) is 5. The molecule has 0 radical (unpaired) electrons. The van der Waals surface area contributed by atoms with Crippen LogP contribution in [-0.4, -0.2) is 24.1 Å². The summed E-state index contributed by atoms with van der Waals surface area (Å²) in [7, 11) is 0. The van der Waals surface area contributed by atoms with E-state index in [1.165, 1.54) is 0 Å². The molecule has 1 aliphatic carbocycles. The van der Waals surface area contributed by atoms with Crippen LogP contribution in [0.1, 0.15) is 40.3 Å². The average Bonchev–Trinajstić information content (AvgIpc) is 3.16. The van der Waals surface area contributed by atoms with Crippen molar-refractivity contribution in [2.75, 3.05) is 11.9 Å². The Morgan fingerprint density at radius 2 is 1.91 bits per heavy atom. The van der Waals surface area contributed by atoms with Crippen LogP contribution in [0.5, 0.6) is 5.75 Å². The molecule has 170 valence electrons. The number of rotatable bonds is 6. The number of nitrogens with zero attached hydrogens (tertiary/aromatic N) is 1.